The van der Waals surface area contributed by atoms with Gasteiger partial charge < -0.3 is 21.3 Å². The van der Waals surface area contributed by atoms with Crippen LogP contribution < -0.4 is 26.7 Å². The third-order valence-corrected chi connectivity index (χ3v) is 5.26. The number of benzene rings is 2. The largest absolute Gasteiger partial charge is 0.339 e. The molecule has 2 atom stereocenters. The van der Waals surface area contributed by atoms with Gasteiger partial charge in [0.1, 0.15) is 6.04 Å². The average molecular weight is 470 g/mol. The van der Waals surface area contributed by atoms with Crippen LogP contribution in [0.15, 0.2) is 48.5 Å². The maximum Gasteiger partial charge on any atom is 0.267 e. The second-order valence-corrected chi connectivity index (χ2v) is 8.05. The van der Waals surface area contributed by atoms with Crippen LogP contribution in [-0.2, 0) is 9.59 Å². The molecule has 0 aliphatic rings. The lowest BCUT2D eigenvalue weighted by Gasteiger charge is -2.24. The van der Waals surface area contributed by atoms with Gasteiger partial charge in [0.05, 0.1) is 6.54 Å². The second-order valence-electron chi connectivity index (χ2n) is 8.05. The van der Waals surface area contributed by atoms with Crippen molar-refractivity contribution in [2.45, 2.75) is 45.7 Å². The van der Waals surface area contributed by atoms with Crippen molar-refractivity contribution in [2.24, 2.45) is 0 Å². The van der Waals surface area contributed by atoms with Gasteiger partial charge in [0.25, 0.3) is 11.8 Å². The molecule has 0 bridgehead atoms. The lowest BCUT2D eigenvalue weighted by atomic mass is 10.0. The fourth-order valence-electron chi connectivity index (χ4n) is 3.35. The van der Waals surface area contributed by atoms with Crippen LogP contribution in [0.5, 0.6) is 0 Å². The Hall–Kier alpha value is -3.27. The number of hydrogen-bond acceptors (Lipinski definition) is 6. The fraction of sp³-hybridized carbons (Fsp3) is 0.400. The average Bonchev–Trinajstić information content (AvgIpc) is 2.86. The number of amides is 3. The molecule has 0 aliphatic heterocycles. The molecule has 0 spiro atoms. The summed E-state index contributed by atoms with van der Waals surface area (Å²) >= 11 is 0. The Kier molecular flexibility index (Phi) is 11.2. The molecule has 0 aliphatic carbocycles. The molecule has 0 aromatic heterocycles. The third-order valence-electron chi connectivity index (χ3n) is 5.26. The van der Waals surface area contributed by atoms with Gasteiger partial charge in [-0.05, 0) is 68.2 Å². The summed E-state index contributed by atoms with van der Waals surface area (Å²) in [5.74, 6) is -1.20. The number of hydroxylamine groups is 1. The molecular weight excluding hydrogens is 434 g/mol. The van der Waals surface area contributed by atoms with E-state index in [9.17, 15) is 14.4 Å². The Morgan fingerprint density at radius 2 is 1.47 bits per heavy atom. The summed E-state index contributed by atoms with van der Waals surface area (Å²) in [6.07, 6.45) is 1.84. The predicted molar refractivity (Wildman–Crippen MR) is 133 cm³/mol. The van der Waals surface area contributed by atoms with E-state index < -0.39 is 17.9 Å². The monoisotopic (exact) mass is 469 g/mol. The molecule has 9 heteroatoms. The van der Waals surface area contributed by atoms with Crippen molar-refractivity contribution in [3.05, 3.63) is 54.1 Å². The third kappa shape index (κ3) is 8.26. The first kappa shape index (κ1) is 27.0. The molecule has 0 saturated heterocycles. The van der Waals surface area contributed by atoms with Crippen molar-refractivity contribution in [2.75, 3.05) is 25.0 Å². The Bertz CT molecular complexity index is 931. The van der Waals surface area contributed by atoms with Crippen LogP contribution in [0.3, 0.4) is 0 Å². The second kappa shape index (κ2) is 14.1. The number of carbonyl (C=O) groups excluding carboxylic acids is 3. The molecule has 2 aromatic rings. The van der Waals surface area contributed by atoms with Crippen molar-refractivity contribution in [3.63, 3.8) is 0 Å². The highest BCUT2D eigenvalue weighted by Gasteiger charge is 2.26. The topological polar surface area (TPSA) is 132 Å². The maximum absolute atomic E-state index is 12.7. The molecular formula is C25H35N5O4. The van der Waals surface area contributed by atoms with E-state index in [0.717, 1.165) is 30.5 Å². The van der Waals surface area contributed by atoms with Crippen molar-refractivity contribution < 1.29 is 19.6 Å². The van der Waals surface area contributed by atoms with Crippen LogP contribution in [0, 0.1) is 0 Å². The Morgan fingerprint density at radius 1 is 0.882 bits per heavy atom. The Morgan fingerprint density at radius 3 is 2.03 bits per heavy atom. The molecule has 2 aromatic carbocycles. The molecule has 184 valence electrons. The molecule has 0 saturated carbocycles. The van der Waals surface area contributed by atoms with Crippen LogP contribution in [0.2, 0.25) is 0 Å². The summed E-state index contributed by atoms with van der Waals surface area (Å²) < 4.78 is 0. The number of nitrogens with one attached hydrogen (secondary N) is 5. The van der Waals surface area contributed by atoms with E-state index in [1.165, 1.54) is 0 Å². The summed E-state index contributed by atoms with van der Waals surface area (Å²) in [6, 6.07) is 13.1. The van der Waals surface area contributed by atoms with Crippen LogP contribution in [-0.4, -0.2) is 54.6 Å². The van der Waals surface area contributed by atoms with Crippen LogP contribution in [0.4, 0.5) is 5.69 Å². The first-order valence-corrected chi connectivity index (χ1v) is 11.6. The van der Waals surface area contributed by atoms with E-state index in [2.05, 4.69) is 21.3 Å². The van der Waals surface area contributed by atoms with Crippen molar-refractivity contribution >= 4 is 23.4 Å². The minimum Gasteiger partial charge on any atom is -0.339 e. The van der Waals surface area contributed by atoms with Gasteiger partial charge in [-0.1, -0.05) is 38.1 Å². The van der Waals surface area contributed by atoms with Gasteiger partial charge >= 0.3 is 0 Å². The van der Waals surface area contributed by atoms with Gasteiger partial charge in [-0.3, -0.25) is 19.6 Å². The molecule has 9 nitrogen and oxygen atoms in total. The smallest absolute Gasteiger partial charge is 0.267 e. The lowest BCUT2D eigenvalue weighted by molar-refractivity contribution is -0.131. The zero-order chi connectivity index (χ0) is 24.9. The normalized spacial score (nSPS) is 12.5. The first-order chi connectivity index (χ1) is 16.4. The minimum atomic E-state index is -0.927. The molecule has 34 heavy (non-hydrogen) atoms. The van der Waals surface area contributed by atoms with E-state index in [4.69, 9.17) is 5.21 Å². The number of anilines is 1. The highest BCUT2D eigenvalue weighted by atomic mass is 16.5. The summed E-state index contributed by atoms with van der Waals surface area (Å²) in [4.78, 5) is 36.7. The minimum absolute atomic E-state index is 0.0936. The Labute approximate surface area is 200 Å². The maximum atomic E-state index is 12.7. The summed E-state index contributed by atoms with van der Waals surface area (Å²) in [5.41, 5.74) is 4.56. The quantitative estimate of drug-likeness (QED) is 0.152. The molecule has 2 rings (SSSR count). The molecule has 6 N–H and O–H groups in total. The van der Waals surface area contributed by atoms with Crippen LogP contribution in [0.25, 0.3) is 11.1 Å². The molecule has 0 fully saturated rings. The number of carbonyl (C=O) groups is 3. The molecule has 2 unspecified atom stereocenters. The molecule has 3 amide bonds. The van der Waals surface area contributed by atoms with E-state index in [1.54, 1.807) is 24.5 Å². The highest BCUT2D eigenvalue weighted by Crippen LogP contribution is 2.22. The fourth-order valence-corrected chi connectivity index (χ4v) is 3.35. The van der Waals surface area contributed by atoms with E-state index in [1.807, 2.05) is 50.2 Å². The van der Waals surface area contributed by atoms with E-state index in [-0.39, 0.29) is 18.5 Å². The van der Waals surface area contributed by atoms with Gasteiger partial charge in [0, 0.05) is 17.3 Å². The standard InChI is InChI=1S/C25H35N5O4/c1-4-14-26-16-22(31)28-21-12-10-19(11-13-21)18-6-8-20(9-7-18)24(32)29-23(25(33)30-34)17(3)27-15-5-2/h6-13,17,23,26-27,34H,4-5,14-16H2,1-3H3,(H,28,31)(H,29,32)(H,30,33). The molecule has 0 heterocycles. The predicted octanol–water partition coefficient (Wildman–Crippen LogP) is 2.28. The SMILES string of the molecule is CCCNCC(=O)Nc1ccc(-c2ccc(C(=O)NC(C(=O)NO)C(C)NCCC)cc2)cc1. The zero-order valence-corrected chi connectivity index (χ0v) is 20.0. The zero-order valence-electron chi connectivity index (χ0n) is 20.0. The number of rotatable bonds is 13. The summed E-state index contributed by atoms with van der Waals surface area (Å²) in [7, 11) is 0. The number of hydrogen-bond donors (Lipinski definition) is 6. The van der Waals surface area contributed by atoms with E-state index >= 15 is 0 Å². The van der Waals surface area contributed by atoms with Gasteiger partial charge in [0.15, 0.2) is 0 Å². The Balaban J connectivity index is 2.01. The van der Waals surface area contributed by atoms with Crippen molar-refractivity contribution in [1.29, 1.82) is 0 Å². The van der Waals surface area contributed by atoms with Gasteiger partial charge in [0.2, 0.25) is 5.91 Å². The van der Waals surface area contributed by atoms with Crippen LogP contribution >= 0.6 is 0 Å². The van der Waals surface area contributed by atoms with Gasteiger partial charge in [-0.15, -0.1) is 0 Å². The lowest BCUT2D eigenvalue weighted by Crippen LogP contribution is -2.56. The van der Waals surface area contributed by atoms with E-state index in [0.29, 0.717) is 17.8 Å². The first-order valence-electron chi connectivity index (χ1n) is 11.6. The highest BCUT2D eigenvalue weighted by molar-refractivity contribution is 5.98. The summed E-state index contributed by atoms with van der Waals surface area (Å²) in [5, 5.41) is 20.8. The van der Waals surface area contributed by atoms with Crippen molar-refractivity contribution in [3.8, 4) is 11.1 Å². The summed E-state index contributed by atoms with van der Waals surface area (Å²) in [6.45, 7) is 7.56. The molecule has 0 radical (unpaired) electrons. The van der Waals surface area contributed by atoms with Crippen molar-refractivity contribution in [1.82, 2.24) is 21.4 Å². The van der Waals surface area contributed by atoms with Crippen LogP contribution in [0.1, 0.15) is 44.0 Å². The van der Waals surface area contributed by atoms with Gasteiger partial charge in [-0.2, -0.15) is 0 Å². The van der Waals surface area contributed by atoms with Gasteiger partial charge in [-0.25, -0.2) is 5.48 Å².